The van der Waals surface area contributed by atoms with Gasteiger partial charge in [-0.15, -0.1) is 5.10 Å². The van der Waals surface area contributed by atoms with E-state index < -0.39 is 5.91 Å². The molecule has 0 bridgehead atoms. The van der Waals surface area contributed by atoms with Gasteiger partial charge in [0.2, 0.25) is 5.91 Å². The van der Waals surface area contributed by atoms with Crippen molar-refractivity contribution in [1.29, 1.82) is 0 Å². The topological polar surface area (TPSA) is 117 Å². The Hall–Kier alpha value is -2.41. The monoisotopic (exact) mass is 251 g/mol. The molecule has 0 unspecified atom stereocenters. The molecule has 0 N–H and O–H groups in total. The van der Waals surface area contributed by atoms with Crippen LogP contribution in [0, 0.1) is 0 Å². The van der Waals surface area contributed by atoms with Crippen molar-refractivity contribution in [2.45, 2.75) is 20.4 Å². The number of aromatic nitrogens is 3. The molecule has 1 aromatic rings. The summed E-state index contributed by atoms with van der Waals surface area (Å²) in [6, 6.07) is 0. The Morgan fingerprint density at radius 2 is 2.17 bits per heavy atom. The predicted molar refractivity (Wildman–Crippen MR) is 61.4 cm³/mol. The molecule has 96 valence electrons. The van der Waals surface area contributed by atoms with Gasteiger partial charge in [-0.05, 0) is 24.5 Å². The Balaban J connectivity index is 2.72. The summed E-state index contributed by atoms with van der Waals surface area (Å²) in [6.07, 6.45) is 1.28. The van der Waals surface area contributed by atoms with Crippen molar-refractivity contribution in [2.24, 2.45) is 5.11 Å². The molecule has 0 saturated heterocycles. The Morgan fingerprint density at radius 3 is 2.72 bits per heavy atom. The molecule has 0 fully saturated rings. The fourth-order valence-corrected chi connectivity index (χ4v) is 1.38. The molecule has 0 aliphatic carbocycles. The van der Waals surface area contributed by atoms with Gasteiger partial charge in [0.05, 0.1) is 6.20 Å². The summed E-state index contributed by atoms with van der Waals surface area (Å²) in [5.41, 5.74) is 8.03. The molecule has 1 rings (SSSR count). The van der Waals surface area contributed by atoms with E-state index in [-0.39, 0.29) is 18.1 Å². The predicted octanol–water partition coefficient (Wildman–Crippen LogP) is 0.597. The van der Waals surface area contributed by atoms with Crippen LogP contribution in [0.3, 0.4) is 0 Å². The Labute approximate surface area is 103 Å². The van der Waals surface area contributed by atoms with Gasteiger partial charge in [0.1, 0.15) is 6.54 Å². The average Bonchev–Trinajstić information content (AvgIpc) is 2.79. The molecule has 0 spiro atoms. The molecule has 18 heavy (non-hydrogen) atoms. The third kappa shape index (κ3) is 3.29. The van der Waals surface area contributed by atoms with Crippen LogP contribution in [0.1, 0.15) is 24.3 Å². The van der Waals surface area contributed by atoms with Crippen LogP contribution in [-0.4, -0.2) is 44.8 Å². The van der Waals surface area contributed by atoms with Gasteiger partial charge in [-0.1, -0.05) is 5.21 Å². The summed E-state index contributed by atoms with van der Waals surface area (Å²) in [4.78, 5) is 26.9. The third-order valence-corrected chi connectivity index (χ3v) is 2.31. The number of carbonyl (C=O) groups excluding carboxylic acids is 2. The first-order valence-corrected chi connectivity index (χ1v) is 5.39. The van der Waals surface area contributed by atoms with Gasteiger partial charge in [-0.3, -0.25) is 9.59 Å². The van der Waals surface area contributed by atoms with Crippen molar-refractivity contribution in [3.8, 4) is 0 Å². The maximum atomic E-state index is 11.7. The lowest BCUT2D eigenvalue weighted by molar-refractivity contribution is -0.131. The minimum Gasteiger partial charge on any atom is -0.342 e. The van der Waals surface area contributed by atoms with E-state index in [2.05, 4.69) is 20.3 Å². The van der Waals surface area contributed by atoms with Gasteiger partial charge >= 0.3 is 0 Å². The molecule has 9 nitrogen and oxygen atoms in total. The Kier molecular flexibility index (Phi) is 4.82. The largest absolute Gasteiger partial charge is 0.342 e. The molecule has 0 aliphatic rings. The van der Waals surface area contributed by atoms with Gasteiger partial charge in [0.15, 0.2) is 5.69 Å². The summed E-state index contributed by atoms with van der Waals surface area (Å²) >= 11 is 0. The van der Waals surface area contributed by atoms with Crippen LogP contribution >= 0.6 is 0 Å². The fourth-order valence-electron chi connectivity index (χ4n) is 1.38. The first-order valence-electron chi connectivity index (χ1n) is 5.39. The highest BCUT2D eigenvalue weighted by molar-refractivity contribution is 5.92. The minimum atomic E-state index is -0.820. The van der Waals surface area contributed by atoms with Gasteiger partial charge in [0, 0.05) is 18.0 Å². The van der Waals surface area contributed by atoms with Gasteiger partial charge < -0.3 is 4.90 Å². The maximum Gasteiger partial charge on any atom is 0.270 e. The van der Waals surface area contributed by atoms with Crippen LogP contribution in [0.25, 0.3) is 10.4 Å². The van der Waals surface area contributed by atoms with Crippen molar-refractivity contribution in [3.05, 3.63) is 22.3 Å². The fraction of sp³-hybridized carbons (Fsp3) is 0.556. The summed E-state index contributed by atoms with van der Waals surface area (Å²) in [7, 11) is 0. The van der Waals surface area contributed by atoms with Crippen LogP contribution in [0.5, 0.6) is 0 Å². The van der Waals surface area contributed by atoms with Crippen molar-refractivity contribution in [3.63, 3.8) is 0 Å². The van der Waals surface area contributed by atoms with E-state index in [1.807, 2.05) is 13.8 Å². The molecule has 0 atom stereocenters. The smallest absolute Gasteiger partial charge is 0.270 e. The molecule has 9 heteroatoms. The van der Waals surface area contributed by atoms with Crippen LogP contribution < -0.4 is 0 Å². The Morgan fingerprint density at radius 1 is 1.50 bits per heavy atom. The lowest BCUT2D eigenvalue weighted by Gasteiger charge is -2.17. The molecule has 0 radical (unpaired) electrons. The highest BCUT2D eigenvalue weighted by Crippen LogP contribution is 1.98. The number of likely N-dealkylation sites (N-methyl/N-ethyl adjacent to an activating group) is 1. The number of hydrogen-bond donors (Lipinski definition) is 0. The van der Waals surface area contributed by atoms with Crippen molar-refractivity contribution in [1.82, 2.24) is 19.9 Å². The van der Waals surface area contributed by atoms with Gasteiger partial charge in [0.25, 0.3) is 5.91 Å². The summed E-state index contributed by atoms with van der Waals surface area (Å²) in [6.45, 7) is 4.96. The lowest BCUT2D eigenvalue weighted by Crippen LogP contribution is -2.33. The highest BCUT2D eigenvalue weighted by Gasteiger charge is 2.13. The lowest BCUT2D eigenvalue weighted by atomic mass is 10.4. The number of azide groups is 1. The SMILES string of the molecule is CCN(CC)C(=O)Cn1cc(C(=O)N=[N+]=[N-])nn1. The zero-order chi connectivity index (χ0) is 13.5. The van der Waals surface area contributed by atoms with Crippen molar-refractivity contribution in [2.75, 3.05) is 13.1 Å². The zero-order valence-corrected chi connectivity index (χ0v) is 10.1. The molecular formula is C9H13N7O2. The van der Waals surface area contributed by atoms with E-state index in [4.69, 9.17) is 5.53 Å². The minimum absolute atomic E-state index is 0.00176. The molecule has 1 aromatic heterocycles. The van der Waals surface area contributed by atoms with Gasteiger partial charge in [-0.2, -0.15) is 0 Å². The molecule has 1 heterocycles. The number of hydrogen-bond acceptors (Lipinski definition) is 4. The standard InChI is InChI=1S/C9H13N7O2/c1-3-15(4-2)8(17)6-16-5-7(11-14-16)9(18)12-13-10/h5H,3-4,6H2,1-2H3. The second-order valence-electron chi connectivity index (χ2n) is 3.36. The molecule has 0 aromatic carbocycles. The van der Waals surface area contributed by atoms with Crippen LogP contribution in [0.2, 0.25) is 0 Å². The summed E-state index contributed by atoms with van der Waals surface area (Å²) < 4.78 is 1.24. The van der Waals surface area contributed by atoms with E-state index in [0.29, 0.717) is 13.1 Å². The molecule has 2 amide bonds. The van der Waals surface area contributed by atoms with E-state index in [1.54, 1.807) is 4.90 Å². The number of carbonyl (C=O) groups is 2. The second kappa shape index (κ2) is 6.36. The number of nitrogens with zero attached hydrogens (tertiary/aromatic N) is 7. The average molecular weight is 251 g/mol. The zero-order valence-electron chi connectivity index (χ0n) is 10.1. The highest BCUT2D eigenvalue weighted by atomic mass is 16.2. The maximum absolute atomic E-state index is 11.7. The van der Waals surface area contributed by atoms with Crippen LogP contribution in [0.15, 0.2) is 11.3 Å². The second-order valence-corrected chi connectivity index (χ2v) is 3.36. The molecule has 0 aliphatic heterocycles. The van der Waals surface area contributed by atoms with Crippen LogP contribution in [0.4, 0.5) is 0 Å². The molecular weight excluding hydrogens is 238 g/mol. The first kappa shape index (κ1) is 13.7. The van der Waals surface area contributed by atoms with E-state index in [9.17, 15) is 9.59 Å². The summed E-state index contributed by atoms with van der Waals surface area (Å²) in [5.74, 6) is -0.938. The number of amides is 2. The van der Waals surface area contributed by atoms with E-state index >= 15 is 0 Å². The molecule has 0 saturated carbocycles. The van der Waals surface area contributed by atoms with E-state index in [1.165, 1.54) is 10.9 Å². The first-order chi connectivity index (χ1) is 8.62. The Bertz CT molecular complexity index is 485. The van der Waals surface area contributed by atoms with Crippen LogP contribution in [-0.2, 0) is 11.3 Å². The van der Waals surface area contributed by atoms with Crippen molar-refractivity contribution < 1.29 is 9.59 Å². The normalized spacial score (nSPS) is 9.67. The van der Waals surface area contributed by atoms with Gasteiger partial charge in [-0.25, -0.2) is 4.68 Å². The summed E-state index contributed by atoms with van der Waals surface area (Å²) in [5, 5.41) is 10.0. The van der Waals surface area contributed by atoms with E-state index in [0.717, 1.165) is 0 Å². The third-order valence-electron chi connectivity index (χ3n) is 2.31. The number of rotatable bonds is 5. The quantitative estimate of drug-likeness (QED) is 0.432. The van der Waals surface area contributed by atoms with Crippen molar-refractivity contribution >= 4 is 11.8 Å².